The molecular weight excluding hydrogens is 344 g/mol. The molecule has 2 aromatic rings. The summed E-state index contributed by atoms with van der Waals surface area (Å²) in [6.07, 6.45) is 1.56. The van der Waals surface area contributed by atoms with E-state index in [1.807, 2.05) is 19.9 Å². The van der Waals surface area contributed by atoms with Crippen LogP contribution in [-0.4, -0.2) is 24.4 Å². The number of nitrogens with zero attached hydrogens (tertiary/aromatic N) is 2. The zero-order chi connectivity index (χ0) is 15.9. The number of thiophene rings is 1. The number of hydrogen-bond acceptors (Lipinski definition) is 5. The molecule has 0 N–H and O–H groups in total. The molecule has 22 heavy (non-hydrogen) atoms. The summed E-state index contributed by atoms with van der Waals surface area (Å²) in [4.78, 5) is 0. The second-order valence-electron chi connectivity index (χ2n) is 5.64. The van der Waals surface area contributed by atoms with Gasteiger partial charge in [0.2, 0.25) is 0 Å². The summed E-state index contributed by atoms with van der Waals surface area (Å²) in [6, 6.07) is 4.77. The summed E-state index contributed by atoms with van der Waals surface area (Å²) in [7, 11) is -3.54. The Bertz CT molecular complexity index is 767. The SMILES string of the molecule is CC(C)c1cc([C@H]2CCCN2S(=O)(=O)c2ccc(Cl)s2)no1. The van der Waals surface area contributed by atoms with Gasteiger partial charge in [0.15, 0.2) is 0 Å². The molecule has 120 valence electrons. The maximum absolute atomic E-state index is 12.8. The summed E-state index contributed by atoms with van der Waals surface area (Å²) < 4.78 is 33.2. The van der Waals surface area contributed by atoms with Gasteiger partial charge in [-0.05, 0) is 25.0 Å². The largest absolute Gasteiger partial charge is 0.361 e. The topological polar surface area (TPSA) is 63.4 Å². The fourth-order valence-electron chi connectivity index (χ4n) is 2.61. The molecule has 0 aliphatic carbocycles. The van der Waals surface area contributed by atoms with Crippen molar-refractivity contribution in [2.24, 2.45) is 0 Å². The van der Waals surface area contributed by atoms with E-state index in [1.165, 1.54) is 4.31 Å². The van der Waals surface area contributed by atoms with E-state index in [0.29, 0.717) is 16.6 Å². The van der Waals surface area contributed by atoms with Crippen LogP contribution in [0.15, 0.2) is 26.9 Å². The third kappa shape index (κ3) is 2.82. The van der Waals surface area contributed by atoms with Crippen LogP contribution in [0.25, 0.3) is 0 Å². The van der Waals surface area contributed by atoms with Crippen molar-refractivity contribution < 1.29 is 12.9 Å². The van der Waals surface area contributed by atoms with Crippen LogP contribution in [0, 0.1) is 0 Å². The fourth-order valence-corrected chi connectivity index (χ4v) is 5.89. The van der Waals surface area contributed by atoms with Crippen LogP contribution < -0.4 is 0 Å². The number of sulfonamides is 1. The van der Waals surface area contributed by atoms with Crippen LogP contribution in [0.3, 0.4) is 0 Å². The molecule has 1 aliphatic heterocycles. The van der Waals surface area contributed by atoms with Gasteiger partial charge in [-0.3, -0.25) is 0 Å². The van der Waals surface area contributed by atoms with E-state index in [4.69, 9.17) is 16.1 Å². The summed E-state index contributed by atoms with van der Waals surface area (Å²) in [5.74, 6) is 1.00. The summed E-state index contributed by atoms with van der Waals surface area (Å²) in [5, 5.41) is 4.08. The Morgan fingerprint density at radius 3 is 2.82 bits per heavy atom. The second kappa shape index (κ2) is 5.96. The van der Waals surface area contributed by atoms with E-state index in [2.05, 4.69) is 5.16 Å². The molecule has 3 rings (SSSR count). The molecule has 1 aliphatic rings. The number of halogens is 1. The number of aromatic nitrogens is 1. The van der Waals surface area contributed by atoms with Gasteiger partial charge in [0.1, 0.15) is 15.7 Å². The van der Waals surface area contributed by atoms with Gasteiger partial charge in [-0.15, -0.1) is 11.3 Å². The normalized spacial score (nSPS) is 20.1. The van der Waals surface area contributed by atoms with Gasteiger partial charge < -0.3 is 4.52 Å². The Hall–Kier alpha value is -0.890. The van der Waals surface area contributed by atoms with Crippen molar-refractivity contribution in [3.63, 3.8) is 0 Å². The first kappa shape index (κ1) is 16.0. The maximum Gasteiger partial charge on any atom is 0.253 e. The van der Waals surface area contributed by atoms with Crippen molar-refractivity contribution in [3.8, 4) is 0 Å². The molecule has 8 heteroatoms. The zero-order valence-corrected chi connectivity index (χ0v) is 14.7. The first-order chi connectivity index (χ1) is 10.4. The highest BCUT2D eigenvalue weighted by atomic mass is 35.5. The van der Waals surface area contributed by atoms with Crippen molar-refractivity contribution in [2.45, 2.75) is 42.9 Å². The van der Waals surface area contributed by atoms with E-state index in [0.717, 1.165) is 29.9 Å². The minimum atomic E-state index is -3.54. The van der Waals surface area contributed by atoms with Gasteiger partial charge in [0.25, 0.3) is 10.0 Å². The monoisotopic (exact) mass is 360 g/mol. The lowest BCUT2D eigenvalue weighted by Gasteiger charge is -2.21. The average Bonchev–Trinajstić information content (AvgIpc) is 3.18. The molecule has 0 radical (unpaired) electrons. The Labute approximate surface area is 138 Å². The van der Waals surface area contributed by atoms with E-state index < -0.39 is 10.0 Å². The molecular formula is C14H17ClN2O3S2. The van der Waals surface area contributed by atoms with Crippen molar-refractivity contribution >= 4 is 33.0 Å². The Morgan fingerprint density at radius 2 is 2.23 bits per heavy atom. The first-order valence-electron chi connectivity index (χ1n) is 7.13. The molecule has 0 bridgehead atoms. The van der Waals surface area contributed by atoms with Crippen LogP contribution in [0.4, 0.5) is 0 Å². The quantitative estimate of drug-likeness (QED) is 0.825. The van der Waals surface area contributed by atoms with E-state index in [9.17, 15) is 8.42 Å². The van der Waals surface area contributed by atoms with Gasteiger partial charge in [-0.2, -0.15) is 4.31 Å². The van der Waals surface area contributed by atoms with Gasteiger partial charge >= 0.3 is 0 Å². The molecule has 1 saturated heterocycles. The second-order valence-corrected chi connectivity index (χ2v) is 9.47. The Morgan fingerprint density at radius 1 is 1.45 bits per heavy atom. The van der Waals surface area contributed by atoms with Crippen molar-refractivity contribution in [1.29, 1.82) is 0 Å². The van der Waals surface area contributed by atoms with E-state index in [1.54, 1.807) is 12.1 Å². The minimum Gasteiger partial charge on any atom is -0.361 e. The lowest BCUT2D eigenvalue weighted by atomic mass is 10.1. The van der Waals surface area contributed by atoms with Crippen molar-refractivity contribution in [3.05, 3.63) is 34.0 Å². The number of rotatable bonds is 4. The lowest BCUT2D eigenvalue weighted by molar-refractivity contribution is 0.338. The molecule has 0 aromatic carbocycles. The molecule has 0 amide bonds. The predicted molar refractivity (Wildman–Crippen MR) is 85.8 cm³/mol. The average molecular weight is 361 g/mol. The van der Waals surface area contributed by atoms with E-state index in [-0.39, 0.29) is 16.2 Å². The minimum absolute atomic E-state index is 0.226. The standard InChI is InChI=1S/C14H17ClN2O3S2/c1-9(2)12-8-10(16-20-12)11-4-3-7-17(11)22(18,19)14-6-5-13(15)21-14/h5-6,8-9,11H,3-4,7H2,1-2H3/t11-/m1/s1. The van der Waals surface area contributed by atoms with Crippen LogP contribution >= 0.6 is 22.9 Å². The Kier molecular flexibility index (Phi) is 4.33. The third-order valence-corrected chi connectivity index (χ3v) is 7.38. The maximum atomic E-state index is 12.8. The highest BCUT2D eigenvalue weighted by Gasteiger charge is 2.38. The van der Waals surface area contributed by atoms with Gasteiger partial charge in [-0.25, -0.2) is 8.42 Å². The summed E-state index contributed by atoms with van der Waals surface area (Å²) in [5.41, 5.74) is 0.687. The fraction of sp³-hybridized carbons (Fsp3) is 0.500. The smallest absolute Gasteiger partial charge is 0.253 e. The first-order valence-corrected chi connectivity index (χ1v) is 9.76. The van der Waals surface area contributed by atoms with Crippen LogP contribution in [-0.2, 0) is 10.0 Å². The van der Waals surface area contributed by atoms with Gasteiger partial charge in [0.05, 0.1) is 10.4 Å². The van der Waals surface area contributed by atoms with Crippen LogP contribution in [0.5, 0.6) is 0 Å². The highest BCUT2D eigenvalue weighted by Crippen LogP contribution is 2.38. The number of hydrogen-bond donors (Lipinski definition) is 0. The Balaban J connectivity index is 1.92. The molecule has 1 fully saturated rings. The van der Waals surface area contributed by atoms with Crippen LogP contribution in [0.2, 0.25) is 4.34 Å². The third-order valence-electron chi connectivity index (χ3n) is 3.77. The zero-order valence-electron chi connectivity index (χ0n) is 12.3. The highest BCUT2D eigenvalue weighted by molar-refractivity contribution is 7.91. The lowest BCUT2D eigenvalue weighted by Crippen LogP contribution is -2.30. The molecule has 3 heterocycles. The van der Waals surface area contributed by atoms with Gasteiger partial charge in [0, 0.05) is 18.5 Å². The van der Waals surface area contributed by atoms with Crippen molar-refractivity contribution in [2.75, 3.05) is 6.54 Å². The molecule has 0 spiro atoms. The molecule has 1 atom stereocenters. The molecule has 0 unspecified atom stereocenters. The summed E-state index contributed by atoms with van der Waals surface area (Å²) in [6.45, 7) is 4.52. The van der Waals surface area contributed by atoms with Gasteiger partial charge in [-0.1, -0.05) is 30.6 Å². The predicted octanol–water partition coefficient (Wildman–Crippen LogP) is 4.04. The molecule has 5 nitrogen and oxygen atoms in total. The van der Waals surface area contributed by atoms with Crippen LogP contribution in [0.1, 0.15) is 50.1 Å². The molecule has 2 aromatic heterocycles. The van der Waals surface area contributed by atoms with Crippen molar-refractivity contribution in [1.82, 2.24) is 9.46 Å². The summed E-state index contributed by atoms with van der Waals surface area (Å²) >= 11 is 6.95. The molecule has 0 saturated carbocycles. The van der Waals surface area contributed by atoms with E-state index >= 15 is 0 Å².